The Morgan fingerprint density at radius 3 is 2.32 bits per heavy atom. The molecule has 0 unspecified atom stereocenters. The minimum absolute atomic E-state index is 0.330. The van der Waals surface area contributed by atoms with Crippen LogP contribution in [0, 0.1) is 13.8 Å². The lowest BCUT2D eigenvalue weighted by molar-refractivity contribution is -0.114. The first-order valence-electron chi connectivity index (χ1n) is 7.38. The number of nitrogens with one attached hydrogen (secondary N) is 1. The van der Waals surface area contributed by atoms with Gasteiger partial charge in [0.15, 0.2) is 0 Å². The molecule has 0 fully saturated rings. The predicted molar refractivity (Wildman–Crippen MR) is 103 cm³/mol. The molecule has 2 aromatic rings. The number of hydrogen-bond donors (Lipinski definition) is 1. The van der Waals surface area contributed by atoms with Crippen LogP contribution in [-0.2, 0) is 14.8 Å². The zero-order valence-corrected chi connectivity index (χ0v) is 16.3. The third kappa shape index (κ3) is 5.11. The van der Waals surface area contributed by atoms with Crippen LogP contribution in [0.3, 0.4) is 0 Å². The van der Waals surface area contributed by atoms with Gasteiger partial charge in [0.25, 0.3) is 0 Å². The highest BCUT2D eigenvalue weighted by atomic mass is 35.5. The average Bonchev–Trinajstić information content (AvgIpc) is 2.50. The number of hydrogen-bond acceptors (Lipinski definition) is 3. The molecule has 0 aromatic heterocycles. The van der Waals surface area contributed by atoms with Gasteiger partial charge in [0.2, 0.25) is 15.9 Å². The molecule has 2 rings (SSSR count). The summed E-state index contributed by atoms with van der Waals surface area (Å²) < 4.78 is 25.2. The Balaban J connectivity index is 2.27. The fourth-order valence-corrected chi connectivity index (χ4v) is 3.38. The minimum Gasteiger partial charge on any atom is -0.324 e. The Kier molecular flexibility index (Phi) is 5.98. The minimum atomic E-state index is -3.67. The summed E-state index contributed by atoms with van der Waals surface area (Å²) in [7, 11) is -3.67. The highest BCUT2D eigenvalue weighted by molar-refractivity contribution is 7.92. The quantitative estimate of drug-likeness (QED) is 0.823. The number of sulfonamides is 1. The normalized spacial score (nSPS) is 11.2. The third-order valence-electron chi connectivity index (χ3n) is 3.60. The molecular formula is C17H18Cl2N2O3S. The summed E-state index contributed by atoms with van der Waals surface area (Å²) in [6.07, 6.45) is 1.04. The van der Waals surface area contributed by atoms with E-state index in [-0.39, 0.29) is 6.54 Å². The molecule has 0 aliphatic carbocycles. The number of amides is 1. The molecule has 0 saturated carbocycles. The van der Waals surface area contributed by atoms with Gasteiger partial charge in [0.05, 0.1) is 11.9 Å². The zero-order chi connectivity index (χ0) is 18.8. The van der Waals surface area contributed by atoms with Crippen molar-refractivity contribution in [2.24, 2.45) is 0 Å². The van der Waals surface area contributed by atoms with Crippen molar-refractivity contribution in [2.45, 2.75) is 13.8 Å². The standard InChI is InChI=1S/C17H18Cl2N2O3S/c1-11-5-7-14(9-15(11)19)21(25(3,23)24)10-17(22)20-16-8-13(18)6-4-12(16)2/h4-9H,10H2,1-3H3,(H,20,22). The van der Waals surface area contributed by atoms with Gasteiger partial charge in [-0.3, -0.25) is 9.10 Å². The fraction of sp³-hybridized carbons (Fsp3) is 0.235. The molecule has 1 N–H and O–H groups in total. The van der Waals surface area contributed by atoms with E-state index in [1.807, 2.05) is 13.8 Å². The SMILES string of the molecule is Cc1ccc(N(CC(=O)Nc2cc(Cl)ccc2C)S(C)(=O)=O)cc1Cl. The monoisotopic (exact) mass is 400 g/mol. The summed E-state index contributed by atoms with van der Waals surface area (Å²) in [5, 5.41) is 3.59. The fourth-order valence-electron chi connectivity index (χ4n) is 2.19. The Hall–Kier alpha value is -1.76. The molecule has 0 heterocycles. The van der Waals surface area contributed by atoms with Crippen LogP contribution in [0.2, 0.25) is 10.0 Å². The van der Waals surface area contributed by atoms with Gasteiger partial charge in [-0.05, 0) is 49.2 Å². The molecule has 134 valence electrons. The second-order valence-corrected chi connectivity index (χ2v) is 8.46. The van der Waals surface area contributed by atoms with E-state index >= 15 is 0 Å². The number of halogens is 2. The lowest BCUT2D eigenvalue weighted by Crippen LogP contribution is -2.37. The van der Waals surface area contributed by atoms with Crippen LogP contribution < -0.4 is 9.62 Å². The molecule has 0 atom stereocenters. The highest BCUT2D eigenvalue weighted by Crippen LogP contribution is 2.25. The number of carbonyl (C=O) groups is 1. The van der Waals surface area contributed by atoms with Crippen molar-refractivity contribution >= 4 is 50.5 Å². The van der Waals surface area contributed by atoms with Crippen molar-refractivity contribution < 1.29 is 13.2 Å². The molecule has 0 bridgehead atoms. The molecule has 0 aliphatic rings. The van der Waals surface area contributed by atoms with Crippen LogP contribution in [0.1, 0.15) is 11.1 Å². The summed E-state index contributed by atoms with van der Waals surface area (Å²) in [6.45, 7) is 3.26. The summed E-state index contributed by atoms with van der Waals surface area (Å²) >= 11 is 12.0. The van der Waals surface area contributed by atoms with Crippen molar-refractivity contribution in [2.75, 3.05) is 22.4 Å². The van der Waals surface area contributed by atoms with Gasteiger partial charge in [-0.2, -0.15) is 0 Å². The van der Waals surface area contributed by atoms with Crippen molar-refractivity contribution in [1.29, 1.82) is 0 Å². The Bertz CT molecular complexity index is 914. The first kappa shape index (κ1) is 19.6. The number of nitrogens with zero attached hydrogens (tertiary/aromatic N) is 1. The molecule has 25 heavy (non-hydrogen) atoms. The van der Waals surface area contributed by atoms with E-state index in [0.717, 1.165) is 21.7 Å². The summed E-state index contributed by atoms with van der Waals surface area (Å²) in [4.78, 5) is 12.4. The van der Waals surface area contributed by atoms with Gasteiger partial charge >= 0.3 is 0 Å². The van der Waals surface area contributed by atoms with Gasteiger partial charge in [-0.1, -0.05) is 35.3 Å². The molecule has 0 saturated heterocycles. The van der Waals surface area contributed by atoms with E-state index in [1.54, 1.807) is 30.3 Å². The molecule has 5 nitrogen and oxygen atoms in total. The van der Waals surface area contributed by atoms with Crippen LogP contribution >= 0.6 is 23.2 Å². The number of carbonyl (C=O) groups excluding carboxylic acids is 1. The maximum absolute atomic E-state index is 12.4. The molecule has 0 aliphatic heterocycles. The van der Waals surface area contributed by atoms with Crippen LogP contribution in [-0.4, -0.2) is 27.1 Å². The van der Waals surface area contributed by atoms with Gasteiger partial charge in [-0.15, -0.1) is 0 Å². The Morgan fingerprint density at radius 2 is 1.72 bits per heavy atom. The lowest BCUT2D eigenvalue weighted by atomic mass is 10.2. The highest BCUT2D eigenvalue weighted by Gasteiger charge is 2.21. The summed E-state index contributed by atoms with van der Waals surface area (Å²) in [6, 6.07) is 9.93. The maximum Gasteiger partial charge on any atom is 0.245 e. The van der Waals surface area contributed by atoms with Crippen molar-refractivity contribution in [3.8, 4) is 0 Å². The van der Waals surface area contributed by atoms with Crippen LogP contribution in [0.5, 0.6) is 0 Å². The largest absolute Gasteiger partial charge is 0.324 e. The van der Waals surface area contributed by atoms with E-state index in [2.05, 4.69) is 5.32 Å². The van der Waals surface area contributed by atoms with Gasteiger partial charge in [-0.25, -0.2) is 8.42 Å². The van der Waals surface area contributed by atoms with E-state index in [1.165, 1.54) is 6.07 Å². The van der Waals surface area contributed by atoms with E-state index < -0.39 is 15.9 Å². The Morgan fingerprint density at radius 1 is 1.08 bits per heavy atom. The molecule has 1 amide bonds. The number of benzene rings is 2. The topological polar surface area (TPSA) is 66.5 Å². The van der Waals surface area contributed by atoms with Crippen molar-refractivity contribution in [1.82, 2.24) is 0 Å². The van der Waals surface area contributed by atoms with Crippen molar-refractivity contribution in [3.05, 3.63) is 57.6 Å². The first-order valence-corrected chi connectivity index (χ1v) is 9.98. The smallest absolute Gasteiger partial charge is 0.245 e. The number of anilines is 2. The molecule has 2 aromatic carbocycles. The van der Waals surface area contributed by atoms with Gasteiger partial charge in [0.1, 0.15) is 6.54 Å². The summed E-state index contributed by atoms with van der Waals surface area (Å²) in [5.74, 6) is -0.479. The first-order chi connectivity index (χ1) is 11.6. The second kappa shape index (κ2) is 7.64. The van der Waals surface area contributed by atoms with Crippen LogP contribution in [0.4, 0.5) is 11.4 Å². The van der Waals surface area contributed by atoms with Gasteiger partial charge in [0, 0.05) is 15.7 Å². The Labute approximate surface area is 157 Å². The molecule has 0 spiro atoms. The lowest BCUT2D eigenvalue weighted by Gasteiger charge is -2.22. The van der Waals surface area contributed by atoms with Crippen molar-refractivity contribution in [3.63, 3.8) is 0 Å². The van der Waals surface area contributed by atoms with Gasteiger partial charge < -0.3 is 5.32 Å². The third-order valence-corrected chi connectivity index (χ3v) is 5.39. The molecule has 8 heteroatoms. The van der Waals surface area contributed by atoms with Crippen LogP contribution in [0.25, 0.3) is 0 Å². The van der Waals surface area contributed by atoms with E-state index in [4.69, 9.17) is 23.2 Å². The summed E-state index contributed by atoms with van der Waals surface area (Å²) in [5.41, 5.74) is 2.50. The van der Waals surface area contributed by atoms with Crippen LogP contribution in [0.15, 0.2) is 36.4 Å². The molecule has 0 radical (unpaired) electrons. The number of aryl methyl sites for hydroxylation is 2. The average molecular weight is 401 g/mol. The zero-order valence-electron chi connectivity index (χ0n) is 14.0. The second-order valence-electron chi connectivity index (χ2n) is 5.71. The molecular weight excluding hydrogens is 383 g/mol. The van der Waals surface area contributed by atoms with E-state index in [9.17, 15) is 13.2 Å². The van der Waals surface area contributed by atoms with E-state index in [0.29, 0.717) is 21.4 Å². The maximum atomic E-state index is 12.4. The number of rotatable bonds is 5. The predicted octanol–water partition coefficient (Wildman–Crippen LogP) is 4.01.